The molecule has 0 unspecified atom stereocenters. The van der Waals surface area contributed by atoms with E-state index < -0.39 is 6.04 Å². The Hall–Kier alpha value is -1.67. The van der Waals surface area contributed by atoms with E-state index in [0.717, 1.165) is 30.2 Å². The molecule has 0 spiro atoms. The van der Waals surface area contributed by atoms with Crippen molar-refractivity contribution in [2.75, 3.05) is 31.5 Å². The van der Waals surface area contributed by atoms with Crippen LogP contribution in [0.1, 0.15) is 35.1 Å². The zero-order valence-electron chi connectivity index (χ0n) is 13.5. The summed E-state index contributed by atoms with van der Waals surface area (Å²) in [6.07, 6.45) is 2.08. The Labute approximate surface area is 139 Å². The average Bonchev–Trinajstić information content (AvgIpc) is 3.28. The van der Waals surface area contributed by atoms with Gasteiger partial charge in [-0.25, -0.2) is 4.98 Å². The van der Waals surface area contributed by atoms with E-state index in [2.05, 4.69) is 20.9 Å². The van der Waals surface area contributed by atoms with E-state index in [0.29, 0.717) is 30.6 Å². The van der Waals surface area contributed by atoms with Crippen molar-refractivity contribution < 1.29 is 9.59 Å². The molecule has 126 valence electrons. The topological polar surface area (TPSA) is 86.4 Å². The van der Waals surface area contributed by atoms with Gasteiger partial charge >= 0.3 is 0 Å². The summed E-state index contributed by atoms with van der Waals surface area (Å²) >= 11 is 1.36. The Balaban J connectivity index is 1.76. The summed E-state index contributed by atoms with van der Waals surface area (Å²) in [4.78, 5) is 32.0. The maximum Gasteiger partial charge on any atom is 0.266 e. The minimum absolute atomic E-state index is 0.0536. The number of nitrogens with zero attached hydrogens (tertiary/aromatic N) is 2. The molecule has 0 radical (unpaired) electrons. The fourth-order valence-corrected chi connectivity index (χ4v) is 3.65. The molecule has 1 aromatic heterocycles. The van der Waals surface area contributed by atoms with Gasteiger partial charge in [-0.2, -0.15) is 0 Å². The van der Waals surface area contributed by atoms with Crippen LogP contribution in [0.15, 0.2) is 0 Å². The van der Waals surface area contributed by atoms with E-state index in [1.54, 1.807) is 4.90 Å². The Morgan fingerprint density at radius 3 is 2.91 bits per heavy atom. The normalized spacial score (nSPS) is 21.1. The average molecular weight is 337 g/mol. The first-order valence-electron chi connectivity index (χ1n) is 8.13. The molecule has 1 atom stereocenters. The largest absolute Gasteiger partial charge is 0.362 e. The van der Waals surface area contributed by atoms with Gasteiger partial charge in [-0.15, -0.1) is 0 Å². The lowest BCUT2D eigenvalue weighted by atomic mass is 10.1. The number of nitrogens with one attached hydrogen (secondary N) is 3. The molecule has 2 aliphatic rings. The monoisotopic (exact) mass is 337 g/mol. The number of hydrogen-bond donors (Lipinski definition) is 3. The molecule has 2 fully saturated rings. The van der Waals surface area contributed by atoms with Gasteiger partial charge in [-0.3, -0.25) is 9.59 Å². The van der Waals surface area contributed by atoms with Gasteiger partial charge < -0.3 is 20.9 Å². The number of amides is 2. The first-order chi connectivity index (χ1) is 11.1. The molecule has 1 aliphatic heterocycles. The third-order valence-corrected chi connectivity index (χ3v) is 5.15. The smallest absolute Gasteiger partial charge is 0.266 e. The first-order valence-corrected chi connectivity index (χ1v) is 8.95. The van der Waals surface area contributed by atoms with Gasteiger partial charge in [0, 0.05) is 32.2 Å². The SMILES string of the molecule is CCNc1nc(C)c(C(=O)N2CCNC[C@@H]2C(=O)NC2CC2)s1. The van der Waals surface area contributed by atoms with Crippen LogP contribution in [0.3, 0.4) is 0 Å². The number of carbonyl (C=O) groups is 2. The van der Waals surface area contributed by atoms with Crippen LogP contribution < -0.4 is 16.0 Å². The Morgan fingerprint density at radius 2 is 2.22 bits per heavy atom. The summed E-state index contributed by atoms with van der Waals surface area (Å²) in [6.45, 7) is 6.34. The molecule has 3 N–H and O–H groups in total. The lowest BCUT2D eigenvalue weighted by Gasteiger charge is -2.35. The van der Waals surface area contributed by atoms with Crippen LogP contribution in [0.5, 0.6) is 0 Å². The number of thiazole rings is 1. The van der Waals surface area contributed by atoms with Crippen LogP contribution in [-0.2, 0) is 4.79 Å². The standard InChI is InChI=1S/C15H23N5O2S/c1-3-17-15-18-9(2)12(23-15)14(22)20-7-6-16-8-11(20)13(21)19-10-4-5-10/h10-11,16H,3-8H2,1-2H3,(H,17,18)(H,19,21)/t11-/m1/s1. The van der Waals surface area contributed by atoms with Crippen LogP contribution >= 0.6 is 11.3 Å². The predicted octanol–water partition coefficient (Wildman–Crippen LogP) is 0.576. The van der Waals surface area contributed by atoms with Crippen LogP contribution in [0.25, 0.3) is 0 Å². The van der Waals surface area contributed by atoms with Crippen molar-refractivity contribution in [3.8, 4) is 0 Å². The number of piperazine rings is 1. The van der Waals surface area contributed by atoms with Gasteiger partial charge in [0.05, 0.1) is 5.69 Å². The molecule has 3 rings (SSSR count). The van der Waals surface area contributed by atoms with E-state index in [9.17, 15) is 9.59 Å². The van der Waals surface area contributed by atoms with E-state index in [1.165, 1.54) is 11.3 Å². The Kier molecular flexibility index (Phi) is 4.82. The van der Waals surface area contributed by atoms with Gasteiger partial charge in [-0.05, 0) is 26.7 Å². The van der Waals surface area contributed by atoms with Crippen molar-refractivity contribution in [3.05, 3.63) is 10.6 Å². The molecule has 1 aliphatic carbocycles. The molecule has 7 nitrogen and oxygen atoms in total. The zero-order chi connectivity index (χ0) is 16.4. The number of anilines is 1. The molecule has 8 heteroatoms. The molecule has 23 heavy (non-hydrogen) atoms. The maximum atomic E-state index is 12.9. The van der Waals surface area contributed by atoms with Crippen molar-refractivity contribution in [1.29, 1.82) is 0 Å². The number of rotatable bonds is 5. The van der Waals surface area contributed by atoms with Crippen molar-refractivity contribution >= 4 is 28.3 Å². The summed E-state index contributed by atoms with van der Waals surface area (Å²) in [5, 5.41) is 10.1. The summed E-state index contributed by atoms with van der Waals surface area (Å²) in [5.74, 6) is -0.149. The number of aryl methyl sites for hydroxylation is 1. The molecule has 2 amide bonds. The summed E-state index contributed by atoms with van der Waals surface area (Å²) < 4.78 is 0. The van der Waals surface area contributed by atoms with Crippen molar-refractivity contribution in [1.82, 2.24) is 20.5 Å². The minimum atomic E-state index is -0.444. The van der Waals surface area contributed by atoms with Crippen molar-refractivity contribution in [2.24, 2.45) is 0 Å². The van der Waals surface area contributed by atoms with Gasteiger partial charge in [0.15, 0.2) is 5.13 Å². The molecule has 2 heterocycles. The third-order valence-electron chi connectivity index (χ3n) is 4.05. The predicted molar refractivity (Wildman–Crippen MR) is 89.9 cm³/mol. The second-order valence-electron chi connectivity index (χ2n) is 5.97. The minimum Gasteiger partial charge on any atom is -0.362 e. The van der Waals surface area contributed by atoms with Crippen molar-refractivity contribution in [3.63, 3.8) is 0 Å². The lowest BCUT2D eigenvalue weighted by molar-refractivity contribution is -0.126. The maximum absolute atomic E-state index is 12.9. The van der Waals surface area contributed by atoms with Gasteiger partial charge in [-0.1, -0.05) is 11.3 Å². The second kappa shape index (κ2) is 6.84. The fraction of sp³-hybridized carbons (Fsp3) is 0.667. The van der Waals surface area contributed by atoms with E-state index in [1.807, 2.05) is 13.8 Å². The highest BCUT2D eigenvalue weighted by molar-refractivity contribution is 7.17. The number of aromatic nitrogens is 1. The Bertz CT molecular complexity index is 599. The van der Waals surface area contributed by atoms with Crippen LogP contribution in [0.4, 0.5) is 5.13 Å². The van der Waals surface area contributed by atoms with Gasteiger partial charge in [0.2, 0.25) is 5.91 Å². The second-order valence-corrected chi connectivity index (χ2v) is 6.96. The molecule has 1 saturated heterocycles. The van der Waals surface area contributed by atoms with E-state index >= 15 is 0 Å². The van der Waals surface area contributed by atoms with E-state index in [-0.39, 0.29) is 11.8 Å². The molecule has 0 aromatic carbocycles. The van der Waals surface area contributed by atoms with Gasteiger partial charge in [0.1, 0.15) is 10.9 Å². The summed E-state index contributed by atoms with van der Waals surface area (Å²) in [5.41, 5.74) is 0.718. The summed E-state index contributed by atoms with van der Waals surface area (Å²) in [6, 6.07) is -0.146. The molecule has 1 aromatic rings. The molecule has 0 bridgehead atoms. The zero-order valence-corrected chi connectivity index (χ0v) is 14.3. The fourth-order valence-electron chi connectivity index (χ4n) is 2.66. The Morgan fingerprint density at radius 1 is 1.43 bits per heavy atom. The van der Waals surface area contributed by atoms with Gasteiger partial charge in [0.25, 0.3) is 5.91 Å². The quantitative estimate of drug-likeness (QED) is 0.732. The van der Waals surface area contributed by atoms with Crippen molar-refractivity contribution in [2.45, 2.75) is 38.8 Å². The highest BCUT2D eigenvalue weighted by Crippen LogP contribution is 2.25. The van der Waals surface area contributed by atoms with Crippen LogP contribution in [0, 0.1) is 6.92 Å². The highest BCUT2D eigenvalue weighted by Gasteiger charge is 2.36. The lowest BCUT2D eigenvalue weighted by Crippen LogP contribution is -2.59. The first kappa shape index (κ1) is 16.2. The van der Waals surface area contributed by atoms with Crippen LogP contribution in [-0.4, -0.2) is 60.0 Å². The summed E-state index contributed by atoms with van der Waals surface area (Å²) in [7, 11) is 0. The highest BCUT2D eigenvalue weighted by atomic mass is 32.1. The molecular weight excluding hydrogens is 314 g/mol. The number of carbonyl (C=O) groups excluding carboxylic acids is 2. The van der Waals surface area contributed by atoms with Crippen LogP contribution in [0.2, 0.25) is 0 Å². The number of hydrogen-bond acceptors (Lipinski definition) is 6. The third kappa shape index (κ3) is 3.64. The molecule has 1 saturated carbocycles. The van der Waals surface area contributed by atoms with E-state index in [4.69, 9.17) is 0 Å². The molecular formula is C15H23N5O2S.